The molecule has 2 rings (SSSR count). The molecule has 0 spiro atoms. The Bertz CT molecular complexity index is 1070. The summed E-state index contributed by atoms with van der Waals surface area (Å²) in [6.07, 6.45) is 13.5. The largest absolute Gasteiger partial charge is 0.372 e. The monoisotopic (exact) mass is 513 g/mol. The maximum atomic E-state index is 13.6. The predicted molar refractivity (Wildman–Crippen MR) is 154 cm³/mol. The SMILES string of the molecule is CCCCCCN1C(=O)C(c2ccc(N(CCCCCC)CCCCCC)cc2)=C(C#N)C1=C(C#N)C#N. The van der Waals surface area contributed by atoms with Crippen molar-refractivity contribution in [2.45, 2.75) is 97.8 Å². The van der Waals surface area contributed by atoms with Gasteiger partial charge in [-0.2, -0.15) is 15.8 Å². The second-order valence-electron chi connectivity index (χ2n) is 9.98. The lowest BCUT2D eigenvalue weighted by molar-refractivity contribution is -0.122. The van der Waals surface area contributed by atoms with Crippen LogP contribution in [0.15, 0.2) is 41.1 Å². The van der Waals surface area contributed by atoms with Crippen LogP contribution >= 0.6 is 0 Å². The fraction of sp³-hybridized carbons (Fsp3) is 0.562. The van der Waals surface area contributed by atoms with E-state index in [1.165, 1.54) is 43.4 Å². The summed E-state index contributed by atoms with van der Waals surface area (Å²) in [6.45, 7) is 8.95. The molecule has 0 bridgehead atoms. The highest BCUT2D eigenvalue weighted by Gasteiger charge is 2.38. The van der Waals surface area contributed by atoms with Crippen LogP contribution in [0.2, 0.25) is 0 Å². The second kappa shape index (κ2) is 17.0. The molecule has 0 aliphatic carbocycles. The highest BCUT2D eigenvalue weighted by atomic mass is 16.2. The minimum Gasteiger partial charge on any atom is -0.372 e. The average Bonchev–Trinajstić information content (AvgIpc) is 3.22. The summed E-state index contributed by atoms with van der Waals surface area (Å²) in [6, 6.07) is 13.8. The standard InChI is InChI=1S/C32H43N5O/c1-4-7-10-13-20-36(21-14-11-8-5-2)28-18-16-26(17-19-28)30-29(25-35)31(27(23-33)24-34)37(32(30)38)22-15-12-9-6-3/h16-19H,4-15,20-22H2,1-3H3. The van der Waals surface area contributed by atoms with Crippen molar-refractivity contribution >= 4 is 17.2 Å². The van der Waals surface area contributed by atoms with Crippen molar-refractivity contribution in [3.8, 4) is 18.2 Å². The fourth-order valence-corrected chi connectivity index (χ4v) is 4.94. The van der Waals surface area contributed by atoms with Crippen LogP contribution in [0.4, 0.5) is 5.69 Å². The minimum atomic E-state index is -0.306. The van der Waals surface area contributed by atoms with E-state index in [2.05, 4.69) is 31.7 Å². The number of amides is 1. The Hall–Kier alpha value is -3.56. The van der Waals surface area contributed by atoms with Crippen molar-refractivity contribution in [1.82, 2.24) is 4.90 Å². The first-order valence-electron chi connectivity index (χ1n) is 14.4. The third-order valence-electron chi connectivity index (χ3n) is 7.11. The highest BCUT2D eigenvalue weighted by molar-refractivity contribution is 6.25. The first-order chi connectivity index (χ1) is 18.6. The van der Waals surface area contributed by atoms with Gasteiger partial charge < -0.3 is 9.80 Å². The van der Waals surface area contributed by atoms with Gasteiger partial charge in [-0.1, -0.05) is 90.7 Å². The Labute approximate surface area is 229 Å². The Morgan fingerprint density at radius 3 is 1.76 bits per heavy atom. The molecule has 0 aromatic heterocycles. The zero-order valence-electron chi connectivity index (χ0n) is 23.6. The zero-order chi connectivity index (χ0) is 27.8. The average molecular weight is 514 g/mol. The van der Waals surface area contributed by atoms with Gasteiger partial charge in [0.15, 0.2) is 5.57 Å². The number of carbonyl (C=O) groups excluding carboxylic acids is 1. The molecule has 0 atom stereocenters. The predicted octanol–water partition coefficient (Wildman–Crippen LogP) is 7.65. The molecule has 1 amide bonds. The molecule has 1 aliphatic rings. The fourth-order valence-electron chi connectivity index (χ4n) is 4.94. The quantitative estimate of drug-likeness (QED) is 0.157. The number of nitriles is 3. The van der Waals surface area contributed by atoms with Crippen molar-refractivity contribution in [1.29, 1.82) is 15.8 Å². The molecule has 0 unspecified atom stereocenters. The molecular weight excluding hydrogens is 470 g/mol. The number of hydrogen-bond acceptors (Lipinski definition) is 5. The van der Waals surface area contributed by atoms with Gasteiger partial charge in [0.25, 0.3) is 5.91 Å². The number of unbranched alkanes of at least 4 members (excludes halogenated alkanes) is 9. The van der Waals surface area contributed by atoms with E-state index in [-0.39, 0.29) is 28.3 Å². The Kier molecular flexibility index (Phi) is 13.8. The third kappa shape index (κ3) is 8.22. The Morgan fingerprint density at radius 2 is 1.29 bits per heavy atom. The van der Waals surface area contributed by atoms with Gasteiger partial charge in [-0.3, -0.25) is 4.79 Å². The molecule has 0 N–H and O–H groups in total. The maximum absolute atomic E-state index is 13.6. The molecule has 38 heavy (non-hydrogen) atoms. The topological polar surface area (TPSA) is 94.9 Å². The first kappa shape index (κ1) is 30.7. The van der Waals surface area contributed by atoms with Gasteiger partial charge in [0.1, 0.15) is 18.2 Å². The van der Waals surface area contributed by atoms with E-state index in [1.54, 1.807) is 0 Å². The van der Waals surface area contributed by atoms with Crippen LogP contribution in [-0.2, 0) is 4.79 Å². The van der Waals surface area contributed by atoms with Gasteiger partial charge >= 0.3 is 0 Å². The first-order valence-corrected chi connectivity index (χ1v) is 14.4. The molecule has 0 radical (unpaired) electrons. The molecule has 6 heteroatoms. The number of anilines is 1. The minimum absolute atomic E-state index is 0.118. The molecular formula is C32H43N5O. The normalized spacial score (nSPS) is 12.9. The summed E-state index contributed by atoms with van der Waals surface area (Å²) in [7, 11) is 0. The van der Waals surface area contributed by atoms with Crippen molar-refractivity contribution < 1.29 is 4.79 Å². The Balaban J connectivity index is 2.37. The van der Waals surface area contributed by atoms with E-state index in [9.17, 15) is 20.6 Å². The van der Waals surface area contributed by atoms with E-state index in [0.29, 0.717) is 12.1 Å². The number of carbonyl (C=O) groups is 1. The summed E-state index contributed by atoms with van der Waals surface area (Å²) < 4.78 is 0. The molecule has 1 aromatic rings. The summed E-state index contributed by atoms with van der Waals surface area (Å²) >= 11 is 0. The number of nitrogens with zero attached hydrogens (tertiary/aromatic N) is 5. The van der Waals surface area contributed by atoms with E-state index in [4.69, 9.17) is 0 Å². The smallest absolute Gasteiger partial charge is 0.260 e. The van der Waals surface area contributed by atoms with Crippen LogP contribution < -0.4 is 4.90 Å². The van der Waals surface area contributed by atoms with Crippen LogP contribution in [0.3, 0.4) is 0 Å². The Morgan fingerprint density at radius 1 is 0.763 bits per heavy atom. The van der Waals surface area contributed by atoms with Crippen LogP contribution in [0, 0.1) is 34.0 Å². The molecule has 0 saturated carbocycles. The molecule has 0 saturated heterocycles. The van der Waals surface area contributed by atoms with Gasteiger partial charge in [0.05, 0.1) is 16.8 Å². The van der Waals surface area contributed by atoms with Crippen LogP contribution in [0.25, 0.3) is 5.57 Å². The lowest BCUT2D eigenvalue weighted by Gasteiger charge is -2.25. The van der Waals surface area contributed by atoms with E-state index >= 15 is 0 Å². The van der Waals surface area contributed by atoms with Crippen molar-refractivity contribution in [3.63, 3.8) is 0 Å². The number of allylic oxidation sites excluding steroid dienone is 2. The highest BCUT2D eigenvalue weighted by Crippen LogP contribution is 2.37. The van der Waals surface area contributed by atoms with Gasteiger partial charge in [-0.05, 0) is 37.0 Å². The molecule has 1 aliphatic heterocycles. The van der Waals surface area contributed by atoms with E-state index in [1.807, 2.05) is 36.4 Å². The molecule has 6 nitrogen and oxygen atoms in total. The maximum Gasteiger partial charge on any atom is 0.260 e. The molecule has 0 fully saturated rings. The van der Waals surface area contributed by atoms with E-state index in [0.717, 1.165) is 57.3 Å². The van der Waals surface area contributed by atoms with Gasteiger partial charge in [-0.25, -0.2) is 0 Å². The zero-order valence-corrected chi connectivity index (χ0v) is 23.6. The number of hydrogen-bond donors (Lipinski definition) is 0. The van der Waals surface area contributed by atoms with Crippen molar-refractivity contribution in [3.05, 3.63) is 46.7 Å². The summed E-state index contributed by atoms with van der Waals surface area (Å²) in [5.74, 6) is -0.306. The molecule has 1 heterocycles. The number of rotatable bonds is 17. The second-order valence-corrected chi connectivity index (χ2v) is 9.98. The van der Waals surface area contributed by atoms with Gasteiger partial charge in [0, 0.05) is 25.3 Å². The van der Waals surface area contributed by atoms with Crippen LogP contribution in [0.1, 0.15) is 103 Å². The summed E-state index contributed by atoms with van der Waals surface area (Å²) in [5.41, 5.74) is 2.13. The summed E-state index contributed by atoms with van der Waals surface area (Å²) in [5, 5.41) is 29.2. The van der Waals surface area contributed by atoms with Gasteiger partial charge in [0.2, 0.25) is 0 Å². The lowest BCUT2D eigenvalue weighted by Crippen LogP contribution is -2.28. The van der Waals surface area contributed by atoms with Gasteiger partial charge in [-0.15, -0.1) is 0 Å². The lowest BCUT2D eigenvalue weighted by atomic mass is 9.99. The third-order valence-corrected chi connectivity index (χ3v) is 7.11. The van der Waals surface area contributed by atoms with Crippen LogP contribution in [0.5, 0.6) is 0 Å². The van der Waals surface area contributed by atoms with Crippen LogP contribution in [-0.4, -0.2) is 30.4 Å². The molecule has 202 valence electrons. The summed E-state index contributed by atoms with van der Waals surface area (Å²) in [4.78, 5) is 17.5. The molecule has 1 aromatic carbocycles. The van der Waals surface area contributed by atoms with Crippen molar-refractivity contribution in [2.75, 3.05) is 24.5 Å². The number of benzene rings is 1. The van der Waals surface area contributed by atoms with E-state index < -0.39 is 0 Å². The van der Waals surface area contributed by atoms with Crippen molar-refractivity contribution in [2.24, 2.45) is 0 Å².